The van der Waals surface area contributed by atoms with Crippen molar-refractivity contribution in [3.63, 3.8) is 0 Å². The molecule has 5 heteroatoms. The number of nitrogens with one attached hydrogen (secondary N) is 1. The first kappa shape index (κ1) is 23.0. The van der Waals surface area contributed by atoms with Crippen molar-refractivity contribution in [1.29, 1.82) is 0 Å². The van der Waals surface area contributed by atoms with Crippen LogP contribution in [0, 0.1) is 0 Å². The molecule has 0 aliphatic heterocycles. The van der Waals surface area contributed by atoms with Gasteiger partial charge in [0.2, 0.25) is 11.8 Å². The lowest BCUT2D eigenvalue weighted by Gasteiger charge is -2.31. The van der Waals surface area contributed by atoms with E-state index in [1.54, 1.807) is 4.90 Å². The number of carbonyl (C=O) groups is 2. The average molecular weight is 415 g/mol. The molecule has 0 aliphatic rings. The number of carbonyl (C=O) groups excluding carboxylic acids is 2. The normalized spacial score (nSPS) is 11.9. The maximum atomic E-state index is 13.1. The molecule has 0 fully saturated rings. The first-order chi connectivity index (χ1) is 13.9. The van der Waals surface area contributed by atoms with Crippen LogP contribution in [0.1, 0.15) is 44.7 Å². The van der Waals surface area contributed by atoms with Crippen LogP contribution in [-0.2, 0) is 22.4 Å². The highest BCUT2D eigenvalue weighted by atomic mass is 35.5. The van der Waals surface area contributed by atoms with Gasteiger partial charge in [-0.05, 0) is 50.3 Å². The van der Waals surface area contributed by atoms with Crippen molar-refractivity contribution in [3.05, 3.63) is 70.7 Å². The summed E-state index contributed by atoms with van der Waals surface area (Å²) in [4.78, 5) is 27.6. The molecule has 0 spiro atoms. The zero-order valence-electron chi connectivity index (χ0n) is 17.5. The average Bonchev–Trinajstić information content (AvgIpc) is 2.70. The lowest BCUT2D eigenvalue weighted by atomic mass is 10.1. The lowest BCUT2D eigenvalue weighted by molar-refractivity contribution is -0.140. The topological polar surface area (TPSA) is 49.4 Å². The van der Waals surface area contributed by atoms with Gasteiger partial charge in [0, 0.05) is 24.0 Å². The summed E-state index contributed by atoms with van der Waals surface area (Å²) in [5, 5.41) is 3.62. The summed E-state index contributed by atoms with van der Waals surface area (Å²) in [6.07, 6.45) is 2.17. The molecule has 0 unspecified atom stereocenters. The van der Waals surface area contributed by atoms with E-state index in [1.807, 2.05) is 75.4 Å². The Bertz CT molecular complexity index is 792. The third kappa shape index (κ3) is 7.21. The van der Waals surface area contributed by atoms with Crippen LogP contribution in [0.2, 0.25) is 5.02 Å². The van der Waals surface area contributed by atoms with E-state index in [4.69, 9.17) is 11.6 Å². The first-order valence-electron chi connectivity index (χ1n) is 10.3. The molecule has 0 aromatic heterocycles. The van der Waals surface area contributed by atoms with E-state index in [1.165, 1.54) is 0 Å². The van der Waals surface area contributed by atoms with Crippen LogP contribution in [0.25, 0.3) is 0 Å². The van der Waals surface area contributed by atoms with Gasteiger partial charge in [-0.15, -0.1) is 0 Å². The maximum absolute atomic E-state index is 13.1. The molecule has 156 valence electrons. The Morgan fingerprint density at radius 1 is 1.00 bits per heavy atom. The number of hydrogen-bond donors (Lipinski definition) is 1. The SMILES string of the molecule is CC[C@@H](C(=O)NC(C)C)N(CCc1ccccc1)C(=O)CCc1ccccc1Cl. The van der Waals surface area contributed by atoms with Crippen molar-refractivity contribution in [2.24, 2.45) is 0 Å². The Hall–Kier alpha value is -2.33. The van der Waals surface area contributed by atoms with E-state index < -0.39 is 6.04 Å². The van der Waals surface area contributed by atoms with Crippen molar-refractivity contribution in [1.82, 2.24) is 10.2 Å². The molecule has 2 aromatic carbocycles. The Balaban J connectivity index is 2.13. The van der Waals surface area contributed by atoms with Crippen LogP contribution in [0.15, 0.2) is 54.6 Å². The van der Waals surface area contributed by atoms with Gasteiger partial charge in [-0.3, -0.25) is 9.59 Å². The first-order valence-corrected chi connectivity index (χ1v) is 10.7. The molecular formula is C24H31ClN2O2. The van der Waals surface area contributed by atoms with E-state index in [2.05, 4.69) is 5.32 Å². The number of amides is 2. The van der Waals surface area contributed by atoms with E-state index >= 15 is 0 Å². The molecule has 1 atom stereocenters. The van der Waals surface area contributed by atoms with Gasteiger partial charge in [-0.1, -0.05) is 67.1 Å². The molecule has 0 bridgehead atoms. The summed E-state index contributed by atoms with van der Waals surface area (Å²) in [5.41, 5.74) is 2.10. The standard InChI is InChI=1S/C24H31ClN2O2/c1-4-22(24(29)26-18(2)3)27(17-16-19-10-6-5-7-11-19)23(28)15-14-20-12-8-9-13-21(20)25/h5-13,18,22H,4,14-17H2,1-3H3,(H,26,29)/t22-/m0/s1. The molecule has 2 rings (SSSR count). The van der Waals surface area contributed by atoms with Crippen molar-refractivity contribution >= 4 is 23.4 Å². The summed E-state index contributed by atoms with van der Waals surface area (Å²) in [6.45, 7) is 6.31. The van der Waals surface area contributed by atoms with Crippen LogP contribution in [0.5, 0.6) is 0 Å². The minimum absolute atomic E-state index is 0.0217. The smallest absolute Gasteiger partial charge is 0.242 e. The molecular weight excluding hydrogens is 384 g/mol. The third-order valence-electron chi connectivity index (χ3n) is 4.87. The second kappa shape index (κ2) is 11.6. The zero-order chi connectivity index (χ0) is 21.2. The number of nitrogens with zero attached hydrogens (tertiary/aromatic N) is 1. The number of benzene rings is 2. The number of halogens is 1. The highest BCUT2D eigenvalue weighted by Gasteiger charge is 2.28. The minimum Gasteiger partial charge on any atom is -0.352 e. The van der Waals surface area contributed by atoms with E-state index in [-0.39, 0.29) is 17.9 Å². The molecule has 2 amide bonds. The predicted molar refractivity (Wildman–Crippen MR) is 119 cm³/mol. The second-order valence-corrected chi connectivity index (χ2v) is 7.91. The highest BCUT2D eigenvalue weighted by Crippen LogP contribution is 2.18. The van der Waals surface area contributed by atoms with Crippen LogP contribution >= 0.6 is 11.6 Å². The van der Waals surface area contributed by atoms with E-state index in [0.29, 0.717) is 37.3 Å². The Labute approximate surface area is 179 Å². The maximum Gasteiger partial charge on any atom is 0.242 e. The van der Waals surface area contributed by atoms with E-state index in [0.717, 1.165) is 11.1 Å². The van der Waals surface area contributed by atoms with Gasteiger partial charge in [0.15, 0.2) is 0 Å². The summed E-state index contributed by atoms with van der Waals surface area (Å²) in [7, 11) is 0. The molecule has 0 heterocycles. The highest BCUT2D eigenvalue weighted by molar-refractivity contribution is 6.31. The van der Waals surface area contributed by atoms with Crippen LogP contribution < -0.4 is 5.32 Å². The molecule has 0 saturated carbocycles. The Kier molecular flexibility index (Phi) is 9.20. The van der Waals surface area contributed by atoms with Gasteiger partial charge in [-0.2, -0.15) is 0 Å². The van der Waals surface area contributed by atoms with Gasteiger partial charge in [0.05, 0.1) is 0 Å². The fourth-order valence-electron chi connectivity index (χ4n) is 3.36. The zero-order valence-corrected chi connectivity index (χ0v) is 18.3. The number of rotatable bonds is 10. The van der Waals surface area contributed by atoms with Gasteiger partial charge < -0.3 is 10.2 Å². The van der Waals surface area contributed by atoms with Crippen molar-refractivity contribution < 1.29 is 9.59 Å². The molecule has 0 saturated heterocycles. The van der Waals surface area contributed by atoms with Crippen molar-refractivity contribution in [2.45, 2.75) is 58.5 Å². The van der Waals surface area contributed by atoms with Crippen LogP contribution in [0.4, 0.5) is 0 Å². The van der Waals surface area contributed by atoms with Gasteiger partial charge in [-0.25, -0.2) is 0 Å². The number of hydrogen-bond acceptors (Lipinski definition) is 2. The fourth-order valence-corrected chi connectivity index (χ4v) is 3.59. The summed E-state index contributed by atoms with van der Waals surface area (Å²) < 4.78 is 0. The van der Waals surface area contributed by atoms with E-state index in [9.17, 15) is 9.59 Å². The minimum atomic E-state index is -0.472. The van der Waals surface area contributed by atoms with Crippen molar-refractivity contribution in [2.75, 3.05) is 6.54 Å². The van der Waals surface area contributed by atoms with Gasteiger partial charge in [0.25, 0.3) is 0 Å². The molecule has 29 heavy (non-hydrogen) atoms. The second-order valence-electron chi connectivity index (χ2n) is 7.50. The Morgan fingerprint density at radius 3 is 2.28 bits per heavy atom. The fraction of sp³-hybridized carbons (Fsp3) is 0.417. The summed E-state index contributed by atoms with van der Waals surface area (Å²) in [5.74, 6) is -0.117. The van der Waals surface area contributed by atoms with Gasteiger partial charge >= 0.3 is 0 Å². The van der Waals surface area contributed by atoms with Crippen molar-refractivity contribution in [3.8, 4) is 0 Å². The largest absolute Gasteiger partial charge is 0.352 e. The molecule has 0 aliphatic carbocycles. The van der Waals surface area contributed by atoms with Crippen LogP contribution in [-0.4, -0.2) is 35.3 Å². The van der Waals surface area contributed by atoms with Crippen LogP contribution in [0.3, 0.4) is 0 Å². The lowest BCUT2D eigenvalue weighted by Crippen LogP contribution is -2.51. The Morgan fingerprint density at radius 2 is 1.66 bits per heavy atom. The number of aryl methyl sites for hydroxylation is 1. The summed E-state index contributed by atoms with van der Waals surface area (Å²) >= 11 is 6.24. The molecule has 4 nitrogen and oxygen atoms in total. The quantitative estimate of drug-likeness (QED) is 0.615. The molecule has 2 aromatic rings. The van der Waals surface area contributed by atoms with Gasteiger partial charge in [0.1, 0.15) is 6.04 Å². The third-order valence-corrected chi connectivity index (χ3v) is 5.24. The summed E-state index contributed by atoms with van der Waals surface area (Å²) in [6, 6.07) is 17.2. The molecule has 1 N–H and O–H groups in total. The monoisotopic (exact) mass is 414 g/mol. The predicted octanol–water partition coefficient (Wildman–Crippen LogP) is 4.65. The molecule has 0 radical (unpaired) electrons.